The van der Waals surface area contributed by atoms with Gasteiger partial charge in [-0.25, -0.2) is 4.79 Å². The number of anilines is 2. The van der Waals surface area contributed by atoms with Crippen LogP contribution in [0.4, 0.5) is 10.0 Å². The van der Waals surface area contributed by atoms with Gasteiger partial charge in [0.05, 0.1) is 68.4 Å². The molecule has 0 aliphatic rings. The molecule has 0 aliphatic carbocycles. The molecule has 1 amide bonds. The molecule has 6 aromatic rings. The van der Waals surface area contributed by atoms with Crippen LogP contribution >= 0.6 is 91.2 Å². The van der Waals surface area contributed by atoms with Crippen LogP contribution < -0.4 is 20.9 Å². The first kappa shape index (κ1) is 58.2. The van der Waals surface area contributed by atoms with Gasteiger partial charge in [0.2, 0.25) is 0 Å². The minimum Gasteiger partial charge on any atom is -0.477 e. The van der Waals surface area contributed by atoms with Crippen LogP contribution in [-0.4, -0.2) is 123 Å². The van der Waals surface area contributed by atoms with E-state index < -0.39 is 5.97 Å². The molecule has 0 bridgehead atoms. The van der Waals surface area contributed by atoms with Crippen LogP contribution in [0.3, 0.4) is 0 Å². The molecule has 376 valence electrons. The van der Waals surface area contributed by atoms with E-state index in [1.54, 1.807) is 68.8 Å². The second kappa shape index (κ2) is 32.6. The Morgan fingerprint density at radius 1 is 0.594 bits per heavy atom. The average molecular weight is 1100 g/mol. The number of ether oxygens (including phenoxy) is 4. The SMILES string of the molecule is CN(C)c1cc2sc3cc(/C=C(\C#N)C(=O)NCCOCCOCCCCCCCl)sc3c2s1.CN(C)c1cc2sc3cc(/C=C(\C#N)C(=O)O)sc3c2s1.NCCOCCOCCCCCCCl. The summed E-state index contributed by atoms with van der Waals surface area (Å²) in [5, 5.41) is 32.4. The van der Waals surface area contributed by atoms with E-state index in [9.17, 15) is 14.9 Å². The van der Waals surface area contributed by atoms with Crippen molar-refractivity contribution in [1.82, 2.24) is 5.32 Å². The summed E-state index contributed by atoms with van der Waals surface area (Å²) >= 11 is 21.3. The van der Waals surface area contributed by atoms with E-state index in [1.807, 2.05) is 40.3 Å². The Labute approximate surface area is 439 Å². The number of thiophene rings is 6. The summed E-state index contributed by atoms with van der Waals surface area (Å²) < 4.78 is 31.3. The Bertz CT molecular complexity index is 2620. The lowest BCUT2D eigenvalue weighted by Crippen LogP contribution is -2.28. The topological polar surface area (TPSA) is 183 Å². The number of nitrogens with zero attached hydrogens (tertiary/aromatic N) is 4. The van der Waals surface area contributed by atoms with Gasteiger partial charge in [0.25, 0.3) is 5.91 Å². The fraction of sp³-hybridized carbons (Fsp3) is 0.500. The minimum absolute atomic E-state index is 0.0998. The number of carbonyl (C=O) groups is 2. The molecule has 0 saturated heterocycles. The van der Waals surface area contributed by atoms with Gasteiger partial charge in [-0.2, -0.15) is 10.5 Å². The molecule has 0 radical (unpaired) electrons. The van der Waals surface area contributed by atoms with Crippen molar-refractivity contribution in [3.63, 3.8) is 0 Å². The highest BCUT2D eigenvalue weighted by Crippen LogP contribution is 2.47. The Hall–Kier alpha value is -3.38. The summed E-state index contributed by atoms with van der Waals surface area (Å²) in [6.45, 7) is 5.84. The lowest BCUT2D eigenvalue weighted by Gasteiger charge is -2.07. The molecule has 6 rings (SSSR count). The number of nitrogens with two attached hydrogens (primary N) is 1. The average Bonchev–Trinajstić information content (AvgIpc) is 4.19. The number of unbranched alkanes of at least 4 members (excludes halogenated alkanes) is 6. The molecule has 13 nitrogen and oxygen atoms in total. The maximum atomic E-state index is 12.4. The molecule has 0 fully saturated rings. The molecule has 6 aromatic heterocycles. The monoisotopic (exact) mass is 1100 g/mol. The second-order valence-corrected chi connectivity index (χ2v) is 22.7. The maximum absolute atomic E-state index is 12.4. The quantitative estimate of drug-likeness (QED) is 0.0175. The standard InChI is InChI=1S/C24H30ClN3O3S3.C14H10N2O2S3.C10H22ClNO2/c1-28(2)21-15-20-23(34-21)22-19(33-20)14-18(32-22)13-17(16-26)24(29)27-8-10-31-12-11-30-9-6-4-3-5-7-25;1-16(2)11-5-10-13(21-11)12-9(20-10)4-8(19-12)3-7(6-15)14(17)18;11-5-3-1-2-4-7-13-9-10-14-8-6-12/h13-15H,3-12H2,1-2H3,(H,27,29);3-5H,1-2H3,(H,17,18);1-10,12H2/b17-13+;7-3+;. The number of nitrogens with one attached hydrogen (secondary N) is 1. The molecule has 0 saturated carbocycles. The van der Waals surface area contributed by atoms with Crippen molar-refractivity contribution in [2.45, 2.75) is 51.4 Å². The molecule has 0 spiro atoms. The van der Waals surface area contributed by atoms with Gasteiger partial charge in [-0.1, -0.05) is 25.7 Å². The van der Waals surface area contributed by atoms with E-state index in [0.717, 1.165) is 78.0 Å². The fourth-order valence-corrected chi connectivity index (χ4v) is 14.4. The van der Waals surface area contributed by atoms with Crippen molar-refractivity contribution in [3.8, 4) is 12.1 Å². The summed E-state index contributed by atoms with van der Waals surface area (Å²) in [5.74, 6) is -0.0775. The summed E-state index contributed by atoms with van der Waals surface area (Å²) in [4.78, 5) is 29.2. The number of fused-ring (bicyclic) bond motifs is 6. The highest BCUT2D eigenvalue weighted by Gasteiger charge is 2.17. The van der Waals surface area contributed by atoms with Crippen molar-refractivity contribution in [2.24, 2.45) is 5.73 Å². The van der Waals surface area contributed by atoms with E-state index in [0.29, 0.717) is 52.7 Å². The molecule has 0 aromatic carbocycles. The summed E-state index contributed by atoms with van der Waals surface area (Å²) in [7, 11) is 8.11. The Morgan fingerprint density at radius 2 is 1.00 bits per heavy atom. The summed E-state index contributed by atoms with van der Waals surface area (Å²) in [6, 6.07) is 12.1. The first-order valence-electron chi connectivity index (χ1n) is 22.6. The van der Waals surface area contributed by atoms with Crippen LogP contribution in [-0.2, 0) is 28.5 Å². The summed E-state index contributed by atoms with van der Waals surface area (Å²) in [6.07, 6.45) is 12.1. The number of alkyl halides is 2. The van der Waals surface area contributed by atoms with Crippen molar-refractivity contribution in [3.05, 3.63) is 45.2 Å². The molecular weight excluding hydrogens is 1040 g/mol. The van der Waals surface area contributed by atoms with Crippen molar-refractivity contribution in [2.75, 3.05) is 116 Å². The molecular formula is C48H62Cl2N6O7S6. The zero-order valence-corrected chi connectivity index (χ0v) is 46.0. The molecule has 21 heteroatoms. The number of carboxylic acid groups (broad SMARTS) is 1. The normalized spacial score (nSPS) is 11.7. The number of rotatable bonds is 29. The number of carbonyl (C=O) groups excluding carboxylic acids is 1. The molecule has 69 heavy (non-hydrogen) atoms. The van der Waals surface area contributed by atoms with Crippen LogP contribution in [0.5, 0.6) is 0 Å². The third-order valence-corrected chi connectivity index (χ3v) is 18.0. The highest BCUT2D eigenvalue weighted by atomic mass is 35.5. The molecule has 0 atom stereocenters. The van der Waals surface area contributed by atoms with Gasteiger partial charge < -0.3 is 44.9 Å². The van der Waals surface area contributed by atoms with E-state index in [2.05, 4.69) is 33.3 Å². The minimum atomic E-state index is -1.19. The van der Waals surface area contributed by atoms with Gasteiger partial charge in [-0.05, 0) is 62.1 Å². The fourth-order valence-electron chi connectivity index (χ4n) is 6.20. The summed E-state index contributed by atoms with van der Waals surface area (Å²) in [5.41, 5.74) is 5.12. The molecule has 6 heterocycles. The van der Waals surface area contributed by atoms with Crippen LogP contribution in [0.25, 0.3) is 49.8 Å². The van der Waals surface area contributed by atoms with Crippen molar-refractivity contribution >= 4 is 163 Å². The molecule has 4 N–H and O–H groups in total. The number of aliphatic carboxylic acids is 1. The first-order valence-corrected chi connectivity index (χ1v) is 28.6. The van der Waals surface area contributed by atoms with Gasteiger partial charge in [0.15, 0.2) is 0 Å². The number of hydrogen-bond acceptors (Lipinski definition) is 17. The van der Waals surface area contributed by atoms with Gasteiger partial charge in [-0.3, -0.25) is 4.79 Å². The Morgan fingerprint density at radius 3 is 1.42 bits per heavy atom. The van der Waals surface area contributed by atoms with Gasteiger partial charge in [0.1, 0.15) is 23.3 Å². The number of amides is 1. The third-order valence-electron chi connectivity index (χ3n) is 9.71. The van der Waals surface area contributed by atoms with Crippen molar-refractivity contribution < 1.29 is 33.6 Å². The number of carboxylic acids is 1. The van der Waals surface area contributed by atoms with Crippen LogP contribution in [0.1, 0.15) is 61.1 Å². The molecule has 0 unspecified atom stereocenters. The smallest absolute Gasteiger partial charge is 0.346 e. The van der Waals surface area contributed by atoms with Gasteiger partial charge >= 0.3 is 5.97 Å². The van der Waals surface area contributed by atoms with E-state index >= 15 is 0 Å². The predicted molar refractivity (Wildman–Crippen MR) is 297 cm³/mol. The lowest BCUT2D eigenvalue weighted by atomic mass is 10.2. The van der Waals surface area contributed by atoms with E-state index in [4.69, 9.17) is 58.3 Å². The highest BCUT2D eigenvalue weighted by molar-refractivity contribution is 7.40. The molecule has 0 aliphatic heterocycles. The van der Waals surface area contributed by atoms with Crippen molar-refractivity contribution in [1.29, 1.82) is 10.5 Å². The zero-order valence-electron chi connectivity index (χ0n) is 39.6. The number of hydrogen-bond donors (Lipinski definition) is 3. The van der Waals surface area contributed by atoms with Crippen LogP contribution in [0.2, 0.25) is 0 Å². The van der Waals surface area contributed by atoms with Crippen LogP contribution in [0.15, 0.2) is 35.4 Å². The second-order valence-electron chi connectivity index (χ2n) is 15.6. The largest absolute Gasteiger partial charge is 0.477 e. The number of halogens is 2. The third kappa shape index (κ3) is 19.6. The number of nitriles is 2. The van der Waals surface area contributed by atoms with Gasteiger partial charge in [0, 0.05) is 94.8 Å². The lowest BCUT2D eigenvalue weighted by molar-refractivity contribution is -0.132. The zero-order chi connectivity index (χ0) is 50.0. The first-order chi connectivity index (χ1) is 33.4. The maximum Gasteiger partial charge on any atom is 0.346 e. The Balaban J connectivity index is 0.000000251. The Kier molecular flexibility index (Phi) is 27.5. The van der Waals surface area contributed by atoms with Gasteiger partial charge in [-0.15, -0.1) is 91.2 Å². The van der Waals surface area contributed by atoms with Crippen LogP contribution in [0, 0.1) is 22.7 Å². The van der Waals surface area contributed by atoms with E-state index in [-0.39, 0.29) is 17.1 Å². The predicted octanol–water partition coefficient (Wildman–Crippen LogP) is 12.1. The van der Waals surface area contributed by atoms with E-state index in [1.165, 1.54) is 73.2 Å².